The van der Waals surface area contributed by atoms with Gasteiger partial charge in [-0.15, -0.1) is 0 Å². The number of ether oxygens (including phenoxy) is 2. The number of benzene rings is 2. The van der Waals surface area contributed by atoms with Crippen molar-refractivity contribution in [1.29, 1.82) is 0 Å². The van der Waals surface area contributed by atoms with Gasteiger partial charge in [-0.2, -0.15) is 16.1 Å². The highest BCUT2D eigenvalue weighted by Crippen LogP contribution is 2.40. The smallest absolute Gasteiger partial charge is 0.243 e. The third-order valence-electron chi connectivity index (χ3n) is 5.03. The summed E-state index contributed by atoms with van der Waals surface area (Å²) in [5, 5.41) is 0.248. The van der Waals surface area contributed by atoms with E-state index >= 15 is 0 Å². The summed E-state index contributed by atoms with van der Waals surface area (Å²) in [6, 6.07) is 11.6. The van der Waals surface area contributed by atoms with E-state index in [1.54, 1.807) is 22.1 Å². The molecule has 0 unspecified atom stereocenters. The molecular formula is C20H23NO4S2. The fourth-order valence-electron chi connectivity index (χ4n) is 3.49. The van der Waals surface area contributed by atoms with Crippen molar-refractivity contribution in [2.45, 2.75) is 30.4 Å². The molecule has 2 aliphatic heterocycles. The van der Waals surface area contributed by atoms with E-state index < -0.39 is 10.0 Å². The van der Waals surface area contributed by atoms with E-state index in [0.29, 0.717) is 18.0 Å². The Morgan fingerprint density at radius 1 is 1.04 bits per heavy atom. The molecule has 2 aromatic carbocycles. The van der Waals surface area contributed by atoms with E-state index in [2.05, 4.69) is 6.07 Å². The Hall–Kier alpha value is -1.70. The predicted octanol–water partition coefficient (Wildman–Crippen LogP) is 3.90. The van der Waals surface area contributed by atoms with Crippen LogP contribution in [0, 0.1) is 13.8 Å². The molecule has 0 bridgehead atoms. The van der Waals surface area contributed by atoms with Crippen LogP contribution < -0.4 is 9.47 Å². The minimum Gasteiger partial charge on any atom is -0.454 e. The Labute approximate surface area is 164 Å². The number of fused-ring (bicyclic) bond motifs is 1. The Bertz CT molecular complexity index is 958. The van der Waals surface area contributed by atoms with Gasteiger partial charge >= 0.3 is 0 Å². The van der Waals surface area contributed by atoms with E-state index in [0.717, 1.165) is 40.4 Å². The summed E-state index contributed by atoms with van der Waals surface area (Å²) in [7, 11) is -3.48. The number of aryl methyl sites for hydroxylation is 2. The van der Waals surface area contributed by atoms with Gasteiger partial charge in [0.25, 0.3) is 0 Å². The molecule has 0 N–H and O–H groups in total. The fourth-order valence-corrected chi connectivity index (χ4v) is 6.60. The number of thioether (sulfide) groups is 1. The highest BCUT2D eigenvalue weighted by Gasteiger charge is 2.30. The normalized spacial score (nSPS) is 20.4. The van der Waals surface area contributed by atoms with Crippen molar-refractivity contribution in [2.75, 3.05) is 25.6 Å². The number of nitrogens with zero attached hydrogens (tertiary/aromatic N) is 1. The number of sulfonamides is 1. The maximum absolute atomic E-state index is 13.2. The summed E-state index contributed by atoms with van der Waals surface area (Å²) >= 11 is 1.80. The predicted molar refractivity (Wildman–Crippen MR) is 107 cm³/mol. The molecule has 0 amide bonds. The average molecular weight is 406 g/mol. The lowest BCUT2D eigenvalue weighted by Gasteiger charge is -2.21. The second kappa shape index (κ2) is 7.37. The molecule has 1 atom stereocenters. The van der Waals surface area contributed by atoms with Crippen molar-refractivity contribution in [1.82, 2.24) is 4.31 Å². The first-order chi connectivity index (χ1) is 12.9. The molecule has 0 radical (unpaired) electrons. The molecule has 27 heavy (non-hydrogen) atoms. The van der Waals surface area contributed by atoms with Crippen LogP contribution in [0.5, 0.6) is 11.5 Å². The first-order valence-electron chi connectivity index (χ1n) is 9.04. The molecule has 2 aromatic rings. The molecule has 5 nitrogen and oxygen atoms in total. The molecule has 1 fully saturated rings. The van der Waals surface area contributed by atoms with E-state index in [-0.39, 0.29) is 12.0 Å². The average Bonchev–Trinajstić information content (AvgIpc) is 2.97. The van der Waals surface area contributed by atoms with Gasteiger partial charge < -0.3 is 9.47 Å². The second-order valence-electron chi connectivity index (χ2n) is 6.93. The lowest BCUT2D eigenvalue weighted by molar-refractivity contribution is 0.174. The van der Waals surface area contributed by atoms with Crippen molar-refractivity contribution in [3.05, 3.63) is 53.1 Å². The highest BCUT2D eigenvalue weighted by molar-refractivity contribution is 7.99. The summed E-state index contributed by atoms with van der Waals surface area (Å²) in [4.78, 5) is 0.425. The van der Waals surface area contributed by atoms with E-state index in [1.807, 2.05) is 38.1 Å². The minimum absolute atomic E-state index is 0.248. The third kappa shape index (κ3) is 3.68. The van der Waals surface area contributed by atoms with Gasteiger partial charge in [-0.25, -0.2) is 8.42 Å². The van der Waals surface area contributed by atoms with Gasteiger partial charge in [0.15, 0.2) is 11.5 Å². The topological polar surface area (TPSA) is 55.8 Å². The summed E-state index contributed by atoms with van der Waals surface area (Å²) in [6.07, 6.45) is 0.772. The Kier molecular flexibility index (Phi) is 5.09. The Morgan fingerprint density at radius 3 is 2.70 bits per heavy atom. The van der Waals surface area contributed by atoms with Gasteiger partial charge in [0, 0.05) is 24.1 Å². The van der Waals surface area contributed by atoms with Crippen LogP contribution in [0.2, 0.25) is 0 Å². The maximum atomic E-state index is 13.2. The molecule has 2 aliphatic rings. The summed E-state index contributed by atoms with van der Waals surface area (Å²) in [5.41, 5.74) is 2.92. The molecule has 4 rings (SSSR count). The largest absolute Gasteiger partial charge is 0.454 e. The van der Waals surface area contributed by atoms with Crippen LogP contribution in [0.4, 0.5) is 0 Å². The molecule has 144 valence electrons. The van der Waals surface area contributed by atoms with Gasteiger partial charge in [0.1, 0.15) is 0 Å². The van der Waals surface area contributed by atoms with Crippen LogP contribution in [0.3, 0.4) is 0 Å². The van der Waals surface area contributed by atoms with Crippen LogP contribution in [0.25, 0.3) is 0 Å². The van der Waals surface area contributed by atoms with Gasteiger partial charge in [-0.05, 0) is 55.2 Å². The first kappa shape index (κ1) is 18.7. The molecule has 0 saturated carbocycles. The monoisotopic (exact) mass is 405 g/mol. The van der Waals surface area contributed by atoms with E-state index in [9.17, 15) is 8.42 Å². The molecule has 1 saturated heterocycles. The molecule has 0 aromatic heterocycles. The summed E-state index contributed by atoms with van der Waals surface area (Å²) < 4.78 is 38.9. The zero-order valence-electron chi connectivity index (χ0n) is 15.5. The van der Waals surface area contributed by atoms with E-state index in [1.165, 1.54) is 0 Å². The summed E-state index contributed by atoms with van der Waals surface area (Å²) in [6.45, 7) is 5.09. The van der Waals surface area contributed by atoms with E-state index in [4.69, 9.17) is 9.47 Å². The maximum Gasteiger partial charge on any atom is 0.243 e. The SMILES string of the molecule is Cc1ccc(C)c(S(=O)(=O)N2CCS[C@H](c3ccc4c(c3)OCO4)CC2)c1. The first-order valence-corrected chi connectivity index (χ1v) is 11.5. The molecule has 2 heterocycles. The lowest BCUT2D eigenvalue weighted by atomic mass is 10.1. The Morgan fingerprint density at radius 2 is 1.85 bits per heavy atom. The Balaban J connectivity index is 1.54. The third-order valence-corrected chi connectivity index (χ3v) is 8.40. The van der Waals surface area contributed by atoms with Crippen LogP contribution in [-0.4, -0.2) is 38.4 Å². The van der Waals surface area contributed by atoms with Crippen LogP contribution >= 0.6 is 11.8 Å². The minimum atomic E-state index is -3.48. The van der Waals surface area contributed by atoms with Crippen LogP contribution in [0.1, 0.15) is 28.4 Å². The second-order valence-corrected chi connectivity index (χ2v) is 10.2. The zero-order valence-corrected chi connectivity index (χ0v) is 17.1. The molecular weight excluding hydrogens is 382 g/mol. The van der Waals surface area contributed by atoms with Gasteiger partial charge in [-0.3, -0.25) is 0 Å². The molecule has 0 aliphatic carbocycles. The van der Waals surface area contributed by atoms with Gasteiger partial charge in [0.2, 0.25) is 16.8 Å². The van der Waals surface area contributed by atoms with Gasteiger partial charge in [0.05, 0.1) is 4.90 Å². The standard InChI is InChI=1S/C20H23NO4S2/c1-14-3-4-15(2)20(11-14)27(22,23)21-8-7-19(26-10-9-21)16-5-6-17-18(12-16)25-13-24-17/h3-6,11-12,19H,7-10,13H2,1-2H3/t19-/m0/s1. The number of rotatable bonds is 3. The van der Waals surface area contributed by atoms with Crippen molar-refractivity contribution >= 4 is 21.8 Å². The zero-order chi connectivity index (χ0) is 19.0. The quantitative estimate of drug-likeness (QED) is 0.775. The lowest BCUT2D eigenvalue weighted by Crippen LogP contribution is -2.33. The summed E-state index contributed by atoms with van der Waals surface area (Å²) in [5.74, 6) is 2.32. The van der Waals surface area contributed by atoms with Gasteiger partial charge in [-0.1, -0.05) is 18.2 Å². The fraction of sp³-hybridized carbons (Fsp3) is 0.400. The molecule has 7 heteroatoms. The number of hydrogen-bond acceptors (Lipinski definition) is 5. The number of hydrogen-bond donors (Lipinski definition) is 0. The van der Waals surface area contributed by atoms with Crippen molar-refractivity contribution in [3.8, 4) is 11.5 Å². The highest BCUT2D eigenvalue weighted by atomic mass is 32.2. The van der Waals surface area contributed by atoms with Crippen LogP contribution in [-0.2, 0) is 10.0 Å². The van der Waals surface area contributed by atoms with Crippen molar-refractivity contribution in [2.24, 2.45) is 0 Å². The van der Waals surface area contributed by atoms with Crippen molar-refractivity contribution in [3.63, 3.8) is 0 Å². The van der Waals surface area contributed by atoms with Crippen LogP contribution in [0.15, 0.2) is 41.3 Å². The van der Waals surface area contributed by atoms with Crippen molar-refractivity contribution < 1.29 is 17.9 Å². The molecule has 0 spiro atoms.